The molecule has 2 N–H and O–H groups in total. The van der Waals surface area contributed by atoms with Gasteiger partial charge >= 0.3 is 17.8 Å². The highest BCUT2D eigenvalue weighted by Gasteiger charge is 2.15. The molecule has 0 fully saturated rings. The zero-order valence-corrected chi connectivity index (χ0v) is 20.0. The van der Waals surface area contributed by atoms with E-state index in [0.717, 1.165) is 5.56 Å². The average molecular weight is 529 g/mol. The van der Waals surface area contributed by atoms with Crippen LogP contribution in [0.25, 0.3) is 0 Å². The van der Waals surface area contributed by atoms with E-state index >= 15 is 0 Å². The summed E-state index contributed by atoms with van der Waals surface area (Å²) in [6.07, 6.45) is 1.28. The lowest BCUT2D eigenvalue weighted by Gasteiger charge is -2.09. The summed E-state index contributed by atoms with van der Waals surface area (Å²) < 4.78 is 6.20. The first kappa shape index (κ1) is 24.2. The molecule has 7 nitrogen and oxygen atoms in total. The summed E-state index contributed by atoms with van der Waals surface area (Å²) in [6, 6.07) is 16.9. The largest absolute Gasteiger partial charge is 0.422 e. The number of halogens is 2. The molecule has 3 aromatic rings. The minimum atomic E-state index is -0.973. The number of hydrogen-bond donors (Lipinski definition) is 2. The fourth-order valence-electron chi connectivity index (χ4n) is 2.78. The van der Waals surface area contributed by atoms with E-state index in [4.69, 9.17) is 16.3 Å². The van der Waals surface area contributed by atoms with Gasteiger partial charge in [0, 0.05) is 20.7 Å². The van der Waals surface area contributed by atoms with Gasteiger partial charge in [0.15, 0.2) is 0 Å². The Morgan fingerprint density at radius 3 is 2.52 bits per heavy atom. The van der Waals surface area contributed by atoms with Gasteiger partial charge in [0.2, 0.25) is 0 Å². The summed E-state index contributed by atoms with van der Waals surface area (Å²) in [5.41, 5.74) is 4.96. The number of carbonyl (C=O) groups is 3. The Morgan fingerprint density at radius 2 is 1.76 bits per heavy atom. The first-order chi connectivity index (χ1) is 15.7. The highest BCUT2D eigenvalue weighted by Crippen LogP contribution is 2.24. The molecule has 0 saturated carbocycles. The molecule has 33 heavy (non-hydrogen) atoms. The van der Waals surface area contributed by atoms with Gasteiger partial charge in [-0.25, -0.2) is 10.2 Å². The van der Waals surface area contributed by atoms with Gasteiger partial charge in [-0.05, 0) is 61.9 Å². The van der Waals surface area contributed by atoms with Crippen LogP contribution in [0.1, 0.15) is 27.0 Å². The number of hydrazone groups is 1. The second-order valence-corrected chi connectivity index (χ2v) is 8.33. The zero-order valence-electron chi connectivity index (χ0n) is 17.7. The van der Waals surface area contributed by atoms with E-state index in [9.17, 15) is 14.4 Å². The molecule has 0 radical (unpaired) electrons. The van der Waals surface area contributed by atoms with Crippen LogP contribution in [0.15, 0.2) is 70.2 Å². The van der Waals surface area contributed by atoms with Gasteiger partial charge in [-0.3, -0.25) is 9.59 Å². The monoisotopic (exact) mass is 527 g/mol. The van der Waals surface area contributed by atoms with Crippen molar-refractivity contribution in [1.29, 1.82) is 0 Å². The third-order valence-corrected chi connectivity index (χ3v) is 5.42. The lowest BCUT2D eigenvalue weighted by atomic mass is 10.1. The van der Waals surface area contributed by atoms with Gasteiger partial charge in [-0.15, -0.1) is 0 Å². The minimum absolute atomic E-state index is 0.238. The van der Waals surface area contributed by atoms with Crippen LogP contribution in [0.4, 0.5) is 5.69 Å². The molecule has 3 aromatic carbocycles. The van der Waals surface area contributed by atoms with E-state index in [2.05, 4.69) is 31.8 Å². The number of nitrogens with zero attached hydrogens (tertiary/aromatic N) is 1. The fourth-order valence-corrected chi connectivity index (χ4v) is 3.33. The molecule has 2 amide bonds. The van der Waals surface area contributed by atoms with Crippen LogP contribution in [0.2, 0.25) is 5.02 Å². The highest BCUT2D eigenvalue weighted by molar-refractivity contribution is 9.10. The van der Waals surface area contributed by atoms with Gasteiger partial charge in [0.05, 0.1) is 11.8 Å². The Labute approximate surface area is 203 Å². The predicted octanol–water partition coefficient (Wildman–Crippen LogP) is 5.03. The van der Waals surface area contributed by atoms with E-state index in [-0.39, 0.29) is 5.75 Å². The summed E-state index contributed by atoms with van der Waals surface area (Å²) in [4.78, 5) is 36.8. The van der Waals surface area contributed by atoms with Crippen molar-refractivity contribution in [2.24, 2.45) is 5.10 Å². The number of anilines is 1. The van der Waals surface area contributed by atoms with Crippen molar-refractivity contribution >= 4 is 57.2 Å². The molecule has 0 bridgehead atoms. The summed E-state index contributed by atoms with van der Waals surface area (Å²) in [6.45, 7) is 3.60. The number of nitrogens with one attached hydrogen (secondary N) is 2. The van der Waals surface area contributed by atoms with E-state index in [0.29, 0.717) is 31.9 Å². The molecule has 0 spiro atoms. The average Bonchev–Trinajstić information content (AvgIpc) is 2.78. The Kier molecular flexibility index (Phi) is 7.97. The van der Waals surface area contributed by atoms with Crippen LogP contribution in [0, 0.1) is 13.8 Å². The maximum Gasteiger partial charge on any atom is 0.343 e. The minimum Gasteiger partial charge on any atom is -0.422 e. The smallest absolute Gasteiger partial charge is 0.343 e. The quantitative estimate of drug-likeness (QED) is 0.160. The Balaban J connectivity index is 1.68. The van der Waals surface area contributed by atoms with E-state index in [1.54, 1.807) is 61.5 Å². The van der Waals surface area contributed by atoms with E-state index in [1.165, 1.54) is 6.21 Å². The Hall–Kier alpha value is -3.49. The molecule has 3 rings (SSSR count). The molecule has 0 atom stereocenters. The predicted molar refractivity (Wildman–Crippen MR) is 131 cm³/mol. The standard InChI is InChI=1S/C24H19BrClN3O4/c1-14-5-3-6-16(11-14)24(32)33-21-10-9-18(25)12-17(21)13-27-29-23(31)22(30)28-20-8-4-7-19(26)15(20)2/h3-13H,1-2H3,(H,28,30)(H,29,31). The number of aryl methyl sites for hydroxylation is 1. The SMILES string of the molecule is Cc1cccc(C(=O)Oc2ccc(Br)cc2C=NNC(=O)C(=O)Nc2cccc(Cl)c2C)c1. The number of esters is 1. The van der Waals surface area contributed by atoms with Gasteiger partial charge in [-0.2, -0.15) is 5.10 Å². The summed E-state index contributed by atoms with van der Waals surface area (Å²) in [5, 5.41) is 6.77. The summed E-state index contributed by atoms with van der Waals surface area (Å²) >= 11 is 9.37. The van der Waals surface area contributed by atoms with Crippen molar-refractivity contribution in [2.75, 3.05) is 5.32 Å². The molecular weight excluding hydrogens is 510 g/mol. The molecule has 168 valence electrons. The summed E-state index contributed by atoms with van der Waals surface area (Å²) in [7, 11) is 0. The Bertz CT molecular complexity index is 1260. The topological polar surface area (TPSA) is 96.9 Å². The second kappa shape index (κ2) is 10.9. The first-order valence-corrected chi connectivity index (χ1v) is 10.9. The lowest BCUT2D eigenvalue weighted by molar-refractivity contribution is -0.136. The van der Waals surface area contributed by atoms with E-state index < -0.39 is 17.8 Å². The molecule has 0 heterocycles. The van der Waals surface area contributed by atoms with E-state index in [1.807, 2.05) is 13.0 Å². The molecule has 0 aliphatic carbocycles. The maximum absolute atomic E-state index is 12.5. The maximum atomic E-state index is 12.5. The van der Waals surface area contributed by atoms with Crippen LogP contribution in [-0.2, 0) is 9.59 Å². The molecule has 0 unspecified atom stereocenters. The molecule has 0 aromatic heterocycles. The number of carbonyl (C=O) groups excluding carboxylic acids is 3. The second-order valence-electron chi connectivity index (χ2n) is 7.01. The van der Waals surface area contributed by atoms with Crippen LogP contribution < -0.4 is 15.5 Å². The normalized spacial score (nSPS) is 10.7. The van der Waals surface area contributed by atoms with Crippen molar-refractivity contribution < 1.29 is 19.1 Å². The number of ether oxygens (including phenoxy) is 1. The van der Waals surface area contributed by atoms with Gasteiger partial charge < -0.3 is 10.1 Å². The van der Waals surface area contributed by atoms with Crippen molar-refractivity contribution in [2.45, 2.75) is 13.8 Å². The third-order valence-electron chi connectivity index (χ3n) is 4.52. The zero-order chi connectivity index (χ0) is 24.0. The van der Waals surface area contributed by atoms with Gasteiger partial charge in [0.1, 0.15) is 5.75 Å². The number of benzene rings is 3. The van der Waals surface area contributed by atoms with Crippen molar-refractivity contribution in [1.82, 2.24) is 5.43 Å². The summed E-state index contributed by atoms with van der Waals surface area (Å²) in [5.74, 6) is -2.17. The van der Waals surface area contributed by atoms with Crippen molar-refractivity contribution in [3.63, 3.8) is 0 Å². The van der Waals surface area contributed by atoms with Crippen molar-refractivity contribution in [3.05, 3.63) is 92.4 Å². The number of hydrogen-bond acceptors (Lipinski definition) is 5. The lowest BCUT2D eigenvalue weighted by Crippen LogP contribution is -2.32. The van der Waals surface area contributed by atoms with Gasteiger partial charge in [-0.1, -0.05) is 51.3 Å². The fraction of sp³-hybridized carbons (Fsp3) is 0.0833. The molecule has 9 heteroatoms. The van der Waals surface area contributed by atoms with Crippen molar-refractivity contribution in [3.8, 4) is 5.75 Å². The first-order valence-electron chi connectivity index (χ1n) is 9.72. The van der Waals surface area contributed by atoms with Crippen LogP contribution in [-0.4, -0.2) is 24.0 Å². The highest BCUT2D eigenvalue weighted by atomic mass is 79.9. The van der Waals surface area contributed by atoms with Crippen LogP contribution in [0.3, 0.4) is 0 Å². The number of amides is 2. The molecule has 0 aliphatic heterocycles. The molecular formula is C24H19BrClN3O4. The Morgan fingerprint density at radius 1 is 1.00 bits per heavy atom. The molecule has 0 aliphatic rings. The van der Waals surface area contributed by atoms with Crippen LogP contribution >= 0.6 is 27.5 Å². The van der Waals surface area contributed by atoms with Crippen LogP contribution in [0.5, 0.6) is 5.75 Å². The van der Waals surface area contributed by atoms with Gasteiger partial charge in [0.25, 0.3) is 0 Å². The molecule has 0 saturated heterocycles. The third kappa shape index (κ3) is 6.50. The number of rotatable bonds is 5.